The largest absolute Gasteiger partial charge is 0.478 e. The molecule has 4 rings (SSSR count). The van der Waals surface area contributed by atoms with Gasteiger partial charge in [-0.3, -0.25) is 4.79 Å². The van der Waals surface area contributed by atoms with Crippen LogP contribution in [-0.2, 0) is 6.54 Å². The number of pyridine rings is 1. The summed E-state index contributed by atoms with van der Waals surface area (Å²) in [6.07, 6.45) is 0.828. The summed E-state index contributed by atoms with van der Waals surface area (Å²) in [6.45, 7) is 4.54. The van der Waals surface area contributed by atoms with Crippen molar-refractivity contribution >= 4 is 22.8 Å². The number of hydrogen-bond donors (Lipinski definition) is 2. The van der Waals surface area contributed by atoms with E-state index in [4.69, 9.17) is 0 Å². The minimum absolute atomic E-state index is 0.104. The molecule has 6 heteroatoms. The number of rotatable bonds is 7. The summed E-state index contributed by atoms with van der Waals surface area (Å²) < 4.78 is 2.01. The van der Waals surface area contributed by atoms with Crippen molar-refractivity contribution in [2.75, 3.05) is 0 Å². The molecular weight excluding hydrogens is 430 g/mol. The van der Waals surface area contributed by atoms with Crippen LogP contribution in [0.1, 0.15) is 58.2 Å². The molecule has 0 amide bonds. The molecule has 1 heterocycles. The molecule has 0 aliphatic heterocycles. The maximum Gasteiger partial charge on any atom is 0.336 e. The first-order chi connectivity index (χ1) is 16.3. The summed E-state index contributed by atoms with van der Waals surface area (Å²) in [7, 11) is 0. The highest BCUT2D eigenvalue weighted by atomic mass is 16.4. The quantitative estimate of drug-likeness (QED) is 0.377. The Morgan fingerprint density at radius 2 is 1.62 bits per heavy atom. The summed E-state index contributed by atoms with van der Waals surface area (Å²) in [5, 5.41) is 19.5. The minimum atomic E-state index is -1.05. The van der Waals surface area contributed by atoms with Gasteiger partial charge in [0.1, 0.15) is 0 Å². The molecule has 1 unspecified atom stereocenters. The third-order valence-electron chi connectivity index (χ3n) is 6.27. The Kier molecular flexibility index (Phi) is 6.32. The lowest BCUT2D eigenvalue weighted by Gasteiger charge is -2.21. The van der Waals surface area contributed by atoms with Crippen molar-refractivity contribution in [3.63, 3.8) is 0 Å². The monoisotopic (exact) mass is 455 g/mol. The van der Waals surface area contributed by atoms with Crippen molar-refractivity contribution in [3.8, 4) is 11.1 Å². The fourth-order valence-electron chi connectivity index (χ4n) is 4.21. The molecule has 0 radical (unpaired) electrons. The molecular formula is C28H25NO5. The highest BCUT2D eigenvalue weighted by molar-refractivity contribution is 5.96. The molecule has 2 N–H and O–H groups in total. The molecule has 34 heavy (non-hydrogen) atoms. The van der Waals surface area contributed by atoms with E-state index < -0.39 is 11.9 Å². The van der Waals surface area contributed by atoms with Crippen LogP contribution in [0.25, 0.3) is 22.0 Å². The number of carboxylic acid groups (broad SMARTS) is 2. The van der Waals surface area contributed by atoms with Gasteiger partial charge in [-0.1, -0.05) is 56.3 Å². The number of aromatic nitrogens is 1. The molecule has 3 aromatic carbocycles. The van der Waals surface area contributed by atoms with Crippen molar-refractivity contribution < 1.29 is 19.8 Å². The van der Waals surface area contributed by atoms with Gasteiger partial charge < -0.3 is 14.8 Å². The van der Waals surface area contributed by atoms with Crippen LogP contribution in [0.4, 0.5) is 0 Å². The van der Waals surface area contributed by atoms with Crippen LogP contribution in [0.15, 0.2) is 77.6 Å². The number of carbonyl (C=O) groups is 2. The van der Waals surface area contributed by atoms with E-state index in [9.17, 15) is 24.6 Å². The van der Waals surface area contributed by atoms with Gasteiger partial charge in [0.15, 0.2) is 5.43 Å². The lowest BCUT2D eigenvalue weighted by atomic mass is 9.98. The first-order valence-corrected chi connectivity index (χ1v) is 11.1. The zero-order valence-corrected chi connectivity index (χ0v) is 19.0. The Bertz CT molecular complexity index is 1450. The summed E-state index contributed by atoms with van der Waals surface area (Å²) >= 11 is 0. The fraction of sp³-hybridized carbons (Fsp3) is 0.179. The zero-order chi connectivity index (χ0) is 24.4. The molecule has 6 nitrogen and oxygen atoms in total. The van der Waals surface area contributed by atoms with Crippen LogP contribution in [0.5, 0.6) is 0 Å². The van der Waals surface area contributed by atoms with E-state index in [1.165, 1.54) is 6.07 Å². The molecule has 0 saturated heterocycles. The molecule has 1 atom stereocenters. The predicted octanol–water partition coefficient (Wildman–Crippen LogP) is 5.63. The predicted molar refractivity (Wildman–Crippen MR) is 132 cm³/mol. The Hall–Kier alpha value is -4.19. The standard InChI is InChI=1S/C28H25NO5/c1-3-17(2)24-15-26(30)23-13-12-20(27(31)32)14-25(23)29(24)16-18-8-10-19(11-9-18)21-6-4-5-7-22(21)28(33)34/h4-15,17H,3,16H2,1-2H3,(H,31,32)(H,33,34). The van der Waals surface area contributed by atoms with Gasteiger partial charge in [0, 0.05) is 23.7 Å². The van der Waals surface area contributed by atoms with Crippen LogP contribution in [0.3, 0.4) is 0 Å². The summed E-state index contributed by atoms with van der Waals surface area (Å²) in [5.41, 5.74) is 4.06. The Morgan fingerprint density at radius 1 is 0.912 bits per heavy atom. The van der Waals surface area contributed by atoms with Crippen molar-refractivity contribution in [3.05, 3.63) is 105 Å². The molecule has 4 aromatic rings. The van der Waals surface area contributed by atoms with E-state index in [-0.39, 0.29) is 22.5 Å². The van der Waals surface area contributed by atoms with Crippen molar-refractivity contribution in [1.82, 2.24) is 4.57 Å². The molecule has 0 spiro atoms. The maximum absolute atomic E-state index is 12.8. The van der Waals surface area contributed by atoms with E-state index in [1.807, 2.05) is 42.7 Å². The molecule has 0 saturated carbocycles. The molecule has 1 aromatic heterocycles. The van der Waals surface area contributed by atoms with Gasteiger partial charge in [0.05, 0.1) is 16.6 Å². The van der Waals surface area contributed by atoms with Gasteiger partial charge >= 0.3 is 11.9 Å². The highest BCUT2D eigenvalue weighted by Crippen LogP contribution is 2.27. The number of carboxylic acids is 2. The van der Waals surface area contributed by atoms with Gasteiger partial charge in [-0.2, -0.15) is 0 Å². The summed E-state index contributed by atoms with van der Waals surface area (Å²) in [4.78, 5) is 36.0. The summed E-state index contributed by atoms with van der Waals surface area (Å²) in [6, 6.07) is 20.7. The molecule has 0 fully saturated rings. The molecule has 0 bridgehead atoms. The Balaban J connectivity index is 1.82. The van der Waals surface area contributed by atoms with Crippen LogP contribution < -0.4 is 5.43 Å². The number of nitrogens with zero attached hydrogens (tertiary/aromatic N) is 1. The van der Waals surface area contributed by atoms with Gasteiger partial charge in [-0.25, -0.2) is 9.59 Å². The zero-order valence-electron chi connectivity index (χ0n) is 19.0. The average Bonchev–Trinajstić information content (AvgIpc) is 2.85. The number of benzene rings is 3. The first-order valence-electron chi connectivity index (χ1n) is 11.1. The number of fused-ring (bicyclic) bond motifs is 1. The van der Waals surface area contributed by atoms with Crippen molar-refractivity contribution in [2.45, 2.75) is 32.7 Å². The van der Waals surface area contributed by atoms with E-state index in [0.717, 1.165) is 23.2 Å². The second kappa shape index (κ2) is 9.35. The van der Waals surface area contributed by atoms with Crippen molar-refractivity contribution in [2.24, 2.45) is 0 Å². The normalized spacial score (nSPS) is 11.9. The smallest absolute Gasteiger partial charge is 0.336 e. The van der Waals surface area contributed by atoms with Gasteiger partial charge in [0.25, 0.3) is 0 Å². The van der Waals surface area contributed by atoms with Crippen LogP contribution >= 0.6 is 0 Å². The van der Waals surface area contributed by atoms with Crippen LogP contribution in [-0.4, -0.2) is 26.7 Å². The Morgan fingerprint density at radius 3 is 2.26 bits per heavy atom. The van der Waals surface area contributed by atoms with Crippen LogP contribution in [0.2, 0.25) is 0 Å². The number of hydrogen-bond acceptors (Lipinski definition) is 3. The van der Waals surface area contributed by atoms with E-state index >= 15 is 0 Å². The SMILES string of the molecule is CCC(C)c1cc(=O)c2ccc(C(=O)O)cc2n1Cc1ccc(-c2ccccc2C(=O)O)cc1. The van der Waals surface area contributed by atoms with Crippen molar-refractivity contribution in [1.29, 1.82) is 0 Å². The average molecular weight is 456 g/mol. The Labute approximate surface area is 196 Å². The van der Waals surface area contributed by atoms with E-state index in [2.05, 4.69) is 0 Å². The second-order valence-corrected chi connectivity index (χ2v) is 8.41. The lowest BCUT2D eigenvalue weighted by molar-refractivity contribution is 0.0686. The third-order valence-corrected chi connectivity index (χ3v) is 6.27. The van der Waals surface area contributed by atoms with E-state index in [1.54, 1.807) is 42.5 Å². The first kappa shape index (κ1) is 23.0. The topological polar surface area (TPSA) is 96.6 Å². The highest BCUT2D eigenvalue weighted by Gasteiger charge is 2.16. The molecule has 172 valence electrons. The third kappa shape index (κ3) is 4.35. The summed E-state index contributed by atoms with van der Waals surface area (Å²) in [5.74, 6) is -1.92. The molecule has 0 aliphatic rings. The second-order valence-electron chi connectivity index (χ2n) is 8.41. The lowest BCUT2D eigenvalue weighted by Crippen LogP contribution is -2.17. The van der Waals surface area contributed by atoms with Crippen LogP contribution in [0, 0.1) is 0 Å². The fourth-order valence-corrected chi connectivity index (χ4v) is 4.21. The van der Waals surface area contributed by atoms with E-state index in [0.29, 0.717) is 23.0 Å². The van der Waals surface area contributed by atoms with Gasteiger partial charge in [0.2, 0.25) is 0 Å². The number of aromatic carboxylic acids is 2. The minimum Gasteiger partial charge on any atom is -0.478 e. The van der Waals surface area contributed by atoms with Gasteiger partial charge in [-0.15, -0.1) is 0 Å². The maximum atomic E-state index is 12.8. The molecule has 0 aliphatic carbocycles. The van der Waals surface area contributed by atoms with Gasteiger partial charge in [-0.05, 0) is 53.3 Å².